The molecule has 0 radical (unpaired) electrons. The van der Waals surface area contributed by atoms with E-state index in [-0.39, 0.29) is 36.7 Å². The quantitative estimate of drug-likeness (QED) is 0.421. The second kappa shape index (κ2) is 12.2. The molecule has 2 N–H and O–H groups in total. The maximum absolute atomic E-state index is 14.1. The van der Waals surface area contributed by atoms with Crippen molar-refractivity contribution in [1.82, 2.24) is 24.8 Å². The number of halogens is 3. The number of piperazine rings is 1. The highest BCUT2D eigenvalue weighted by molar-refractivity contribution is 5.98. The normalized spacial score (nSPS) is 23.4. The summed E-state index contributed by atoms with van der Waals surface area (Å²) in [6.07, 6.45) is 1.23. The van der Waals surface area contributed by atoms with Gasteiger partial charge in [0.05, 0.1) is 36.3 Å². The largest absolute Gasteiger partial charge is 0.475 e. The first-order chi connectivity index (χ1) is 19.7. The first kappa shape index (κ1) is 29.0. The number of aliphatic hydroxyl groups is 1. The summed E-state index contributed by atoms with van der Waals surface area (Å²) in [5.41, 5.74) is -0.331. The number of carbonyl (C=O) groups is 1. The van der Waals surface area contributed by atoms with Crippen LogP contribution in [-0.4, -0.2) is 82.0 Å². The molecule has 41 heavy (non-hydrogen) atoms. The second-order valence-corrected chi connectivity index (χ2v) is 10.6. The first-order valence-corrected chi connectivity index (χ1v) is 13.7. The van der Waals surface area contributed by atoms with E-state index in [1.54, 1.807) is 18.3 Å². The topological polar surface area (TPSA) is 102 Å². The van der Waals surface area contributed by atoms with Crippen LogP contribution in [0.5, 0.6) is 5.88 Å². The number of rotatable bonds is 8. The van der Waals surface area contributed by atoms with Gasteiger partial charge in [-0.15, -0.1) is 0 Å². The molecular formula is C29H34F3N5O4. The van der Waals surface area contributed by atoms with Gasteiger partial charge in [0.25, 0.3) is 5.91 Å². The highest BCUT2D eigenvalue weighted by Gasteiger charge is 2.42. The molecule has 1 aromatic carbocycles. The Labute approximate surface area is 236 Å². The Balaban J connectivity index is 1.44. The van der Waals surface area contributed by atoms with Crippen molar-refractivity contribution in [3.05, 3.63) is 66.2 Å². The number of nitrogens with zero attached hydrogens (tertiary/aromatic N) is 4. The second-order valence-electron chi connectivity index (χ2n) is 10.6. The van der Waals surface area contributed by atoms with Crippen molar-refractivity contribution in [3.8, 4) is 17.1 Å². The Morgan fingerprint density at radius 3 is 2.76 bits per heavy atom. The van der Waals surface area contributed by atoms with Gasteiger partial charge in [0.15, 0.2) is 5.69 Å². The molecule has 3 heterocycles. The molecule has 3 atom stereocenters. The van der Waals surface area contributed by atoms with Crippen LogP contribution in [0.3, 0.4) is 0 Å². The standard InChI is InChI=1S/C29H34F3N5O4/c1-40-18-28(39)11-6-5-9-23(28)37-19-35-25(26(37)20-7-3-2-4-8-20)27(38)36-14-13-33-16-22(36)17-41-24-15-21(10-12-34-24)29(30,31)32/h2-4,7-8,10,12,15,19,22-23,33,39H,5-6,9,11,13-14,16-18H2,1H3/t22-,23+,28+/m0/s1. The monoisotopic (exact) mass is 573 g/mol. The highest BCUT2D eigenvalue weighted by Crippen LogP contribution is 2.41. The average molecular weight is 574 g/mol. The van der Waals surface area contributed by atoms with E-state index in [2.05, 4.69) is 15.3 Å². The molecule has 2 fully saturated rings. The minimum Gasteiger partial charge on any atom is -0.475 e. The van der Waals surface area contributed by atoms with E-state index in [1.165, 1.54) is 0 Å². The Morgan fingerprint density at radius 2 is 2.00 bits per heavy atom. The van der Waals surface area contributed by atoms with Crippen molar-refractivity contribution < 1.29 is 32.5 Å². The van der Waals surface area contributed by atoms with Gasteiger partial charge in [-0.25, -0.2) is 9.97 Å². The smallest absolute Gasteiger partial charge is 0.416 e. The summed E-state index contributed by atoms with van der Waals surface area (Å²) in [5, 5.41) is 14.8. The first-order valence-electron chi connectivity index (χ1n) is 13.7. The Kier molecular flexibility index (Phi) is 8.62. The van der Waals surface area contributed by atoms with Crippen molar-refractivity contribution in [2.24, 2.45) is 0 Å². The van der Waals surface area contributed by atoms with Crippen molar-refractivity contribution in [2.45, 2.75) is 49.5 Å². The van der Waals surface area contributed by atoms with E-state index in [0.717, 1.165) is 36.7 Å². The number of carbonyl (C=O) groups excluding carboxylic acids is 1. The molecule has 2 aliphatic rings. The van der Waals surface area contributed by atoms with Gasteiger partial charge in [0, 0.05) is 44.6 Å². The maximum Gasteiger partial charge on any atom is 0.416 e. The van der Waals surface area contributed by atoms with Crippen LogP contribution >= 0.6 is 0 Å². The fourth-order valence-electron chi connectivity index (χ4n) is 5.82. The Morgan fingerprint density at radius 1 is 1.20 bits per heavy atom. The van der Waals surface area contributed by atoms with E-state index in [0.29, 0.717) is 38.2 Å². The molecule has 0 bridgehead atoms. The zero-order valence-electron chi connectivity index (χ0n) is 22.8. The number of hydrogen-bond donors (Lipinski definition) is 2. The Hall–Kier alpha value is -3.48. The van der Waals surface area contributed by atoms with Crippen LogP contribution in [-0.2, 0) is 10.9 Å². The van der Waals surface area contributed by atoms with Gasteiger partial charge >= 0.3 is 6.18 Å². The molecule has 1 saturated carbocycles. The SMILES string of the molecule is COC[C@]1(O)CCCC[C@H]1n1cnc(C(=O)N2CCNC[C@H]2COc2cc(C(F)(F)F)ccn2)c1-c1ccccc1. The molecule has 12 heteroatoms. The fourth-order valence-corrected chi connectivity index (χ4v) is 5.82. The molecular weight excluding hydrogens is 539 g/mol. The van der Waals surface area contributed by atoms with Gasteiger partial charge in [-0.05, 0) is 18.9 Å². The number of alkyl halides is 3. The lowest BCUT2D eigenvalue weighted by Crippen LogP contribution is -2.56. The van der Waals surface area contributed by atoms with Crippen LogP contribution in [0.25, 0.3) is 11.3 Å². The lowest BCUT2D eigenvalue weighted by atomic mass is 9.80. The van der Waals surface area contributed by atoms with Crippen LogP contribution in [0.4, 0.5) is 13.2 Å². The molecule has 220 valence electrons. The zero-order chi connectivity index (χ0) is 29.0. The maximum atomic E-state index is 14.1. The van der Waals surface area contributed by atoms with E-state index < -0.39 is 23.4 Å². The molecule has 3 aromatic rings. The summed E-state index contributed by atoms with van der Waals surface area (Å²) in [6, 6.07) is 10.4. The number of hydrogen-bond acceptors (Lipinski definition) is 7. The number of benzene rings is 1. The zero-order valence-corrected chi connectivity index (χ0v) is 22.8. The van der Waals surface area contributed by atoms with Gasteiger partial charge in [-0.3, -0.25) is 4.79 Å². The molecule has 1 aliphatic heterocycles. The van der Waals surface area contributed by atoms with Crippen LogP contribution in [0.2, 0.25) is 0 Å². The third kappa shape index (κ3) is 6.24. The summed E-state index contributed by atoms with van der Waals surface area (Å²) >= 11 is 0. The van der Waals surface area contributed by atoms with Crippen LogP contribution in [0, 0.1) is 0 Å². The lowest BCUT2D eigenvalue weighted by Gasteiger charge is -2.41. The number of imidazole rings is 1. The molecule has 5 rings (SSSR count). The van der Waals surface area contributed by atoms with Crippen molar-refractivity contribution >= 4 is 5.91 Å². The molecule has 0 spiro atoms. The third-order valence-corrected chi connectivity index (χ3v) is 7.83. The predicted octanol–water partition coefficient (Wildman–Crippen LogP) is 3.95. The average Bonchev–Trinajstić information content (AvgIpc) is 3.41. The van der Waals surface area contributed by atoms with Gasteiger partial charge in [0.2, 0.25) is 5.88 Å². The summed E-state index contributed by atoms with van der Waals surface area (Å²) in [6.45, 7) is 1.41. The molecule has 9 nitrogen and oxygen atoms in total. The molecule has 1 amide bonds. The van der Waals surface area contributed by atoms with E-state index in [4.69, 9.17) is 9.47 Å². The number of ether oxygens (including phenoxy) is 2. The summed E-state index contributed by atoms with van der Waals surface area (Å²) in [4.78, 5) is 24.2. The fraction of sp³-hybridized carbons (Fsp3) is 0.483. The number of amides is 1. The summed E-state index contributed by atoms with van der Waals surface area (Å²) in [7, 11) is 1.56. The van der Waals surface area contributed by atoms with Crippen molar-refractivity contribution in [3.63, 3.8) is 0 Å². The van der Waals surface area contributed by atoms with Crippen LogP contribution < -0.4 is 10.1 Å². The molecule has 0 unspecified atom stereocenters. The van der Waals surface area contributed by atoms with Crippen LogP contribution in [0.15, 0.2) is 55.0 Å². The van der Waals surface area contributed by atoms with E-state index >= 15 is 0 Å². The van der Waals surface area contributed by atoms with E-state index in [1.807, 2.05) is 34.9 Å². The van der Waals surface area contributed by atoms with E-state index in [9.17, 15) is 23.1 Å². The number of methoxy groups -OCH3 is 1. The summed E-state index contributed by atoms with van der Waals surface area (Å²) < 4.78 is 52.4. The molecule has 1 saturated heterocycles. The van der Waals surface area contributed by atoms with Crippen LogP contribution in [0.1, 0.15) is 47.8 Å². The molecule has 1 aliphatic carbocycles. The predicted molar refractivity (Wildman–Crippen MR) is 144 cm³/mol. The Bertz CT molecular complexity index is 1330. The number of nitrogens with one attached hydrogen (secondary N) is 1. The minimum atomic E-state index is -4.52. The third-order valence-electron chi connectivity index (χ3n) is 7.83. The minimum absolute atomic E-state index is 0.0509. The van der Waals surface area contributed by atoms with Gasteiger partial charge in [-0.2, -0.15) is 13.2 Å². The van der Waals surface area contributed by atoms with Crippen molar-refractivity contribution in [1.29, 1.82) is 0 Å². The highest BCUT2D eigenvalue weighted by atomic mass is 19.4. The molecule has 2 aromatic heterocycles. The lowest BCUT2D eigenvalue weighted by molar-refractivity contribution is -0.137. The number of aromatic nitrogens is 3. The van der Waals surface area contributed by atoms with Gasteiger partial charge in [-0.1, -0.05) is 43.2 Å². The van der Waals surface area contributed by atoms with Crippen molar-refractivity contribution in [2.75, 3.05) is 40.0 Å². The van der Waals surface area contributed by atoms with Gasteiger partial charge in [0.1, 0.15) is 12.2 Å². The summed E-state index contributed by atoms with van der Waals surface area (Å²) in [5.74, 6) is -0.484. The van der Waals surface area contributed by atoms with Gasteiger partial charge < -0.3 is 29.4 Å². The number of pyridine rings is 1.